The molecule has 2 heterocycles. The van der Waals surface area contributed by atoms with Crippen LogP contribution in [0.5, 0.6) is 0 Å². The molecule has 158 valence electrons. The largest absolute Gasteiger partial charge is 0.364 e. The smallest absolute Gasteiger partial charge is 0.238 e. The number of aryl methyl sites for hydroxylation is 1. The molecule has 0 aliphatic carbocycles. The van der Waals surface area contributed by atoms with E-state index < -0.39 is 0 Å². The van der Waals surface area contributed by atoms with Crippen molar-refractivity contribution in [2.24, 2.45) is 7.05 Å². The molecule has 1 amide bonds. The van der Waals surface area contributed by atoms with Gasteiger partial charge >= 0.3 is 0 Å². The number of anilines is 2. The Kier molecular flexibility index (Phi) is 6.18. The number of carbonyl (C=O) groups excluding carboxylic acids is 1. The Morgan fingerprint density at radius 1 is 1.03 bits per heavy atom. The second-order valence-corrected chi connectivity index (χ2v) is 7.12. The number of pyridine rings is 1. The number of nitriles is 1. The van der Waals surface area contributed by atoms with E-state index in [2.05, 4.69) is 43.9 Å². The second kappa shape index (κ2) is 9.53. The van der Waals surface area contributed by atoms with Gasteiger partial charge in [-0.25, -0.2) is 9.97 Å². The van der Waals surface area contributed by atoms with Crippen LogP contribution in [0, 0.1) is 11.3 Å². The molecule has 2 N–H and O–H groups in total. The standard InChI is InChI=1S/C24H21N7O/c1-31-16-28-23(30-31)20-6-3-2-5-19(20)18-10-8-17(9-11-18)15-27-24-21(7-4-14-26-24)29-22(32)12-13-25/h2-11,14,16H,12,15H2,1H3,(H,26,27)(H,29,32). The highest BCUT2D eigenvalue weighted by Gasteiger charge is 2.11. The molecule has 2 aromatic carbocycles. The first-order valence-electron chi connectivity index (χ1n) is 10.0. The maximum atomic E-state index is 11.7. The number of nitrogens with one attached hydrogen (secondary N) is 2. The third-order valence-corrected chi connectivity index (χ3v) is 4.81. The lowest BCUT2D eigenvalue weighted by atomic mass is 9.98. The van der Waals surface area contributed by atoms with Crippen molar-refractivity contribution in [2.75, 3.05) is 10.6 Å². The fraction of sp³-hybridized carbons (Fsp3) is 0.125. The van der Waals surface area contributed by atoms with E-state index in [1.165, 1.54) is 0 Å². The van der Waals surface area contributed by atoms with Crippen LogP contribution in [0.4, 0.5) is 11.5 Å². The minimum Gasteiger partial charge on any atom is -0.364 e. The van der Waals surface area contributed by atoms with E-state index in [-0.39, 0.29) is 12.3 Å². The Bertz CT molecular complexity index is 1270. The van der Waals surface area contributed by atoms with Gasteiger partial charge in [-0.15, -0.1) is 0 Å². The summed E-state index contributed by atoms with van der Waals surface area (Å²) in [4.78, 5) is 20.4. The Morgan fingerprint density at radius 2 is 1.81 bits per heavy atom. The molecular weight excluding hydrogens is 402 g/mol. The molecule has 0 fully saturated rings. The minimum absolute atomic E-state index is 0.203. The SMILES string of the molecule is Cn1cnc(-c2ccccc2-c2ccc(CNc3ncccc3NC(=O)CC#N)cc2)n1. The summed E-state index contributed by atoms with van der Waals surface area (Å²) in [6, 6.07) is 21.6. The minimum atomic E-state index is -0.367. The topological polar surface area (TPSA) is 109 Å². The van der Waals surface area contributed by atoms with Gasteiger partial charge in [0, 0.05) is 25.4 Å². The third-order valence-electron chi connectivity index (χ3n) is 4.81. The zero-order valence-electron chi connectivity index (χ0n) is 17.5. The summed E-state index contributed by atoms with van der Waals surface area (Å²) in [5, 5.41) is 19.0. The van der Waals surface area contributed by atoms with Gasteiger partial charge < -0.3 is 10.6 Å². The van der Waals surface area contributed by atoms with Crippen LogP contribution in [0.2, 0.25) is 0 Å². The fourth-order valence-corrected chi connectivity index (χ4v) is 3.29. The molecule has 8 nitrogen and oxygen atoms in total. The van der Waals surface area contributed by atoms with Crippen LogP contribution >= 0.6 is 0 Å². The van der Waals surface area contributed by atoms with Crippen LogP contribution < -0.4 is 10.6 Å². The zero-order valence-corrected chi connectivity index (χ0v) is 17.5. The summed E-state index contributed by atoms with van der Waals surface area (Å²) in [5.74, 6) is 0.873. The number of benzene rings is 2. The first kappa shape index (κ1) is 20.8. The molecule has 0 aliphatic rings. The van der Waals surface area contributed by atoms with Crippen molar-refractivity contribution in [3.63, 3.8) is 0 Å². The first-order valence-corrected chi connectivity index (χ1v) is 10.0. The van der Waals surface area contributed by atoms with Crippen molar-refractivity contribution >= 4 is 17.4 Å². The third kappa shape index (κ3) is 4.79. The maximum absolute atomic E-state index is 11.7. The van der Waals surface area contributed by atoms with E-state index in [1.807, 2.05) is 43.4 Å². The maximum Gasteiger partial charge on any atom is 0.238 e. The second-order valence-electron chi connectivity index (χ2n) is 7.12. The number of aromatic nitrogens is 4. The summed E-state index contributed by atoms with van der Waals surface area (Å²) < 4.78 is 1.69. The molecule has 0 unspecified atom stereocenters. The molecule has 0 saturated carbocycles. The van der Waals surface area contributed by atoms with Gasteiger partial charge in [-0.2, -0.15) is 10.4 Å². The molecule has 0 bridgehead atoms. The normalized spacial score (nSPS) is 10.4. The lowest BCUT2D eigenvalue weighted by molar-refractivity contribution is -0.115. The van der Waals surface area contributed by atoms with Crippen LogP contribution in [0.3, 0.4) is 0 Å². The van der Waals surface area contributed by atoms with E-state index in [0.717, 1.165) is 22.3 Å². The molecule has 4 aromatic rings. The van der Waals surface area contributed by atoms with Gasteiger partial charge in [0.15, 0.2) is 5.82 Å². The highest BCUT2D eigenvalue weighted by molar-refractivity contribution is 5.94. The van der Waals surface area contributed by atoms with E-state index in [1.54, 1.807) is 29.3 Å². The Morgan fingerprint density at radius 3 is 2.53 bits per heavy atom. The van der Waals surface area contributed by atoms with Gasteiger partial charge in [-0.05, 0) is 28.8 Å². The molecule has 0 saturated heterocycles. The summed E-state index contributed by atoms with van der Waals surface area (Å²) in [7, 11) is 1.85. The first-order chi connectivity index (χ1) is 15.6. The molecule has 0 aliphatic heterocycles. The van der Waals surface area contributed by atoms with Crippen LogP contribution in [0.15, 0.2) is 73.2 Å². The van der Waals surface area contributed by atoms with Crippen LogP contribution in [0.25, 0.3) is 22.5 Å². The number of hydrogen-bond donors (Lipinski definition) is 2. The molecular formula is C24H21N7O. The summed E-state index contributed by atoms with van der Waals surface area (Å²) in [5.41, 5.74) is 4.71. The van der Waals surface area contributed by atoms with E-state index in [9.17, 15) is 4.79 Å². The van der Waals surface area contributed by atoms with Gasteiger partial charge in [-0.3, -0.25) is 9.48 Å². The molecule has 0 radical (unpaired) electrons. The van der Waals surface area contributed by atoms with E-state index >= 15 is 0 Å². The average Bonchev–Trinajstić information content (AvgIpc) is 3.25. The Balaban J connectivity index is 1.49. The number of rotatable bonds is 7. The fourth-order valence-electron chi connectivity index (χ4n) is 3.29. The monoisotopic (exact) mass is 423 g/mol. The van der Waals surface area contributed by atoms with Crippen LogP contribution in [-0.2, 0) is 18.4 Å². The van der Waals surface area contributed by atoms with Crippen molar-refractivity contribution in [1.82, 2.24) is 19.7 Å². The van der Waals surface area contributed by atoms with Crippen LogP contribution in [0.1, 0.15) is 12.0 Å². The highest BCUT2D eigenvalue weighted by atomic mass is 16.1. The Labute approximate surface area is 185 Å². The van der Waals surface area contributed by atoms with E-state index in [4.69, 9.17) is 5.26 Å². The summed E-state index contributed by atoms with van der Waals surface area (Å²) >= 11 is 0. The van der Waals surface area contributed by atoms with Crippen molar-refractivity contribution in [2.45, 2.75) is 13.0 Å². The predicted molar refractivity (Wildman–Crippen MR) is 122 cm³/mol. The highest BCUT2D eigenvalue weighted by Crippen LogP contribution is 2.30. The van der Waals surface area contributed by atoms with Crippen molar-refractivity contribution in [3.05, 3.63) is 78.8 Å². The predicted octanol–water partition coefficient (Wildman–Crippen LogP) is 4.01. The Hall–Kier alpha value is -4.51. The van der Waals surface area contributed by atoms with Gasteiger partial charge in [0.05, 0.1) is 11.8 Å². The average molecular weight is 423 g/mol. The lowest BCUT2D eigenvalue weighted by Crippen LogP contribution is -2.13. The molecule has 0 atom stereocenters. The molecule has 32 heavy (non-hydrogen) atoms. The van der Waals surface area contributed by atoms with Crippen molar-refractivity contribution in [1.29, 1.82) is 5.26 Å². The number of hydrogen-bond acceptors (Lipinski definition) is 6. The van der Waals surface area contributed by atoms with Gasteiger partial charge in [0.1, 0.15) is 18.6 Å². The number of nitrogens with zero attached hydrogens (tertiary/aromatic N) is 5. The number of carbonyl (C=O) groups is 1. The van der Waals surface area contributed by atoms with Crippen molar-refractivity contribution < 1.29 is 4.79 Å². The number of amides is 1. The summed E-state index contributed by atoms with van der Waals surface area (Å²) in [6.07, 6.45) is 3.13. The van der Waals surface area contributed by atoms with Gasteiger partial charge in [0.2, 0.25) is 5.91 Å². The van der Waals surface area contributed by atoms with Gasteiger partial charge in [-0.1, -0.05) is 48.5 Å². The molecule has 0 spiro atoms. The summed E-state index contributed by atoms with van der Waals surface area (Å²) in [6.45, 7) is 0.530. The molecule has 8 heteroatoms. The molecule has 4 rings (SSSR count). The van der Waals surface area contributed by atoms with Crippen molar-refractivity contribution in [3.8, 4) is 28.6 Å². The lowest BCUT2D eigenvalue weighted by Gasteiger charge is -2.12. The van der Waals surface area contributed by atoms with Gasteiger partial charge in [0.25, 0.3) is 0 Å². The molecule has 2 aromatic heterocycles. The van der Waals surface area contributed by atoms with E-state index in [0.29, 0.717) is 23.9 Å². The quantitative estimate of drug-likeness (QED) is 0.465. The van der Waals surface area contributed by atoms with Crippen LogP contribution in [-0.4, -0.2) is 25.7 Å². The zero-order chi connectivity index (χ0) is 22.3.